The van der Waals surface area contributed by atoms with E-state index in [1.165, 1.54) is 0 Å². The fourth-order valence-corrected chi connectivity index (χ4v) is 5.01. The van der Waals surface area contributed by atoms with Gasteiger partial charge in [-0.2, -0.15) is 0 Å². The largest absolute Gasteiger partial charge is 0.348 e. The highest BCUT2D eigenvalue weighted by Crippen LogP contribution is 2.34. The van der Waals surface area contributed by atoms with E-state index >= 15 is 0 Å². The number of nitrogens with one attached hydrogen (secondary N) is 4. The first-order chi connectivity index (χ1) is 17.2. The lowest BCUT2D eigenvalue weighted by atomic mass is 9.80. The Kier molecular flexibility index (Phi) is 6.00. The first-order valence-electron chi connectivity index (χ1n) is 12.2. The summed E-state index contributed by atoms with van der Waals surface area (Å²) in [4.78, 5) is 46.0. The molecule has 1 unspecified atom stereocenters. The Balaban J connectivity index is 1.55. The van der Waals surface area contributed by atoms with Crippen LogP contribution in [0.25, 0.3) is 28.2 Å². The van der Waals surface area contributed by atoms with Gasteiger partial charge in [0.15, 0.2) is 0 Å². The van der Waals surface area contributed by atoms with Crippen LogP contribution in [0.5, 0.6) is 0 Å². The standard InChI is InChI=1S/C29H30N4O3/c1-15(2)18-5-7-22-21(10-18)11-20(19-6-8-25-26(13-19)33-29(36)32-25)12-23(22)27(34)30-14-24-16(3)9-17(4)31-28(24)35/h5-9,11-13,15,18H,10,14H2,1-4H3,(H,30,34)(H,31,35)(H2,32,33,36). The monoisotopic (exact) mass is 482 g/mol. The number of amides is 1. The topological polar surface area (TPSA) is 111 Å². The van der Waals surface area contributed by atoms with Gasteiger partial charge < -0.3 is 20.3 Å². The molecule has 7 heteroatoms. The molecule has 1 aliphatic carbocycles. The van der Waals surface area contributed by atoms with Gasteiger partial charge in [0.1, 0.15) is 0 Å². The minimum atomic E-state index is -0.251. The first-order valence-corrected chi connectivity index (χ1v) is 12.2. The molecule has 0 saturated heterocycles. The fraction of sp³-hybridized carbons (Fsp3) is 0.276. The minimum Gasteiger partial charge on any atom is -0.348 e. The van der Waals surface area contributed by atoms with Crippen LogP contribution in [-0.2, 0) is 13.0 Å². The third-order valence-electron chi connectivity index (χ3n) is 7.10. The van der Waals surface area contributed by atoms with Gasteiger partial charge in [0.2, 0.25) is 0 Å². The van der Waals surface area contributed by atoms with Gasteiger partial charge >= 0.3 is 5.69 Å². The van der Waals surface area contributed by atoms with Crippen LogP contribution < -0.4 is 16.6 Å². The molecule has 1 atom stereocenters. The number of aryl methyl sites for hydroxylation is 2. The Labute approximate surface area is 208 Å². The van der Waals surface area contributed by atoms with Crippen molar-refractivity contribution in [1.82, 2.24) is 20.3 Å². The second-order valence-corrected chi connectivity index (χ2v) is 10.0. The number of carbonyl (C=O) groups excluding carboxylic acids is 1. The van der Waals surface area contributed by atoms with Crippen LogP contribution in [0.3, 0.4) is 0 Å². The Morgan fingerprint density at radius 2 is 1.78 bits per heavy atom. The number of carbonyl (C=O) groups is 1. The van der Waals surface area contributed by atoms with Gasteiger partial charge in [0.05, 0.1) is 11.0 Å². The van der Waals surface area contributed by atoms with Gasteiger partial charge in [-0.1, -0.05) is 38.1 Å². The average molecular weight is 483 g/mol. The van der Waals surface area contributed by atoms with Crippen molar-refractivity contribution in [3.05, 3.63) is 96.8 Å². The van der Waals surface area contributed by atoms with Crippen LogP contribution in [0, 0.1) is 25.7 Å². The molecule has 7 nitrogen and oxygen atoms in total. The lowest BCUT2D eigenvalue weighted by Gasteiger charge is -2.25. The number of hydrogen-bond donors (Lipinski definition) is 4. The summed E-state index contributed by atoms with van der Waals surface area (Å²) in [5.74, 6) is 0.644. The minimum absolute atomic E-state index is 0.147. The molecule has 184 valence electrons. The molecule has 0 bridgehead atoms. The maximum atomic E-state index is 13.5. The molecule has 36 heavy (non-hydrogen) atoms. The van der Waals surface area contributed by atoms with Crippen LogP contribution in [-0.4, -0.2) is 20.9 Å². The van der Waals surface area contributed by atoms with Crippen molar-refractivity contribution >= 4 is 23.0 Å². The zero-order valence-corrected chi connectivity index (χ0v) is 20.9. The summed E-state index contributed by atoms with van der Waals surface area (Å²) in [6, 6.07) is 11.7. The molecule has 4 aromatic rings. The highest BCUT2D eigenvalue weighted by atomic mass is 16.2. The number of aromatic amines is 3. The Hall–Kier alpha value is -4.13. The second-order valence-electron chi connectivity index (χ2n) is 10.0. The zero-order chi connectivity index (χ0) is 25.6. The summed E-state index contributed by atoms with van der Waals surface area (Å²) in [6.45, 7) is 8.27. The van der Waals surface area contributed by atoms with Crippen LogP contribution in [0.1, 0.15) is 52.2 Å². The number of imidazole rings is 1. The van der Waals surface area contributed by atoms with Crippen LogP contribution in [0.15, 0.2) is 52.1 Å². The van der Waals surface area contributed by atoms with Gasteiger partial charge in [0.25, 0.3) is 11.5 Å². The Morgan fingerprint density at radius 3 is 2.53 bits per heavy atom. The summed E-state index contributed by atoms with van der Waals surface area (Å²) in [7, 11) is 0. The van der Waals surface area contributed by atoms with E-state index in [1.807, 2.05) is 44.2 Å². The molecule has 1 aliphatic rings. The van der Waals surface area contributed by atoms with E-state index in [2.05, 4.69) is 52.3 Å². The molecule has 0 radical (unpaired) electrons. The van der Waals surface area contributed by atoms with Crippen LogP contribution >= 0.6 is 0 Å². The van der Waals surface area contributed by atoms with Crippen molar-refractivity contribution in [2.24, 2.45) is 11.8 Å². The molecule has 0 saturated carbocycles. The lowest BCUT2D eigenvalue weighted by molar-refractivity contribution is 0.0950. The number of aromatic nitrogens is 3. The van der Waals surface area contributed by atoms with E-state index in [9.17, 15) is 14.4 Å². The van der Waals surface area contributed by atoms with Crippen molar-refractivity contribution in [2.45, 2.75) is 40.7 Å². The van der Waals surface area contributed by atoms with Crippen LogP contribution in [0.2, 0.25) is 0 Å². The predicted molar refractivity (Wildman–Crippen MR) is 143 cm³/mol. The van der Waals surface area contributed by atoms with Crippen molar-refractivity contribution < 1.29 is 4.79 Å². The quantitative estimate of drug-likeness (QED) is 0.334. The molecule has 0 aliphatic heterocycles. The molecule has 2 heterocycles. The molecule has 1 amide bonds. The highest BCUT2D eigenvalue weighted by molar-refractivity contribution is 6.00. The van der Waals surface area contributed by atoms with Gasteiger partial charge in [-0.05, 0) is 84.2 Å². The van der Waals surface area contributed by atoms with E-state index in [4.69, 9.17) is 0 Å². The zero-order valence-electron chi connectivity index (χ0n) is 20.9. The number of fused-ring (bicyclic) bond motifs is 2. The number of rotatable bonds is 5. The number of allylic oxidation sites excluding steroid dienone is 1. The number of benzene rings is 2. The highest BCUT2D eigenvalue weighted by Gasteiger charge is 2.23. The lowest BCUT2D eigenvalue weighted by Crippen LogP contribution is -2.29. The van der Waals surface area contributed by atoms with E-state index in [1.54, 1.807) is 0 Å². The van der Waals surface area contributed by atoms with Gasteiger partial charge in [-0.3, -0.25) is 9.59 Å². The van der Waals surface area contributed by atoms with Gasteiger partial charge in [0, 0.05) is 23.4 Å². The average Bonchev–Trinajstić information content (AvgIpc) is 3.21. The SMILES string of the molecule is Cc1cc(C)c(CNC(=O)c2cc(-c3ccc4[nH]c(=O)[nH]c4c3)cc3c2C=CC(C(C)C)C3)c(=O)[nH]1. The molecule has 2 aromatic carbocycles. The van der Waals surface area contributed by atoms with Crippen molar-refractivity contribution in [2.75, 3.05) is 0 Å². The van der Waals surface area contributed by atoms with Crippen molar-refractivity contribution in [3.63, 3.8) is 0 Å². The van der Waals surface area contributed by atoms with Crippen LogP contribution in [0.4, 0.5) is 0 Å². The second kappa shape index (κ2) is 9.15. The van der Waals surface area contributed by atoms with E-state index in [0.717, 1.165) is 51.0 Å². The maximum Gasteiger partial charge on any atom is 0.323 e. The summed E-state index contributed by atoms with van der Waals surface area (Å²) >= 11 is 0. The predicted octanol–water partition coefficient (Wildman–Crippen LogP) is 4.60. The Bertz CT molecular complexity index is 1630. The van der Waals surface area contributed by atoms with E-state index in [0.29, 0.717) is 23.0 Å². The molecule has 4 N–H and O–H groups in total. The molecular formula is C29H30N4O3. The summed E-state index contributed by atoms with van der Waals surface area (Å²) in [6.07, 6.45) is 5.09. The van der Waals surface area contributed by atoms with Gasteiger partial charge in [-0.15, -0.1) is 0 Å². The maximum absolute atomic E-state index is 13.5. The number of H-pyrrole nitrogens is 3. The van der Waals surface area contributed by atoms with Crippen molar-refractivity contribution in [1.29, 1.82) is 0 Å². The van der Waals surface area contributed by atoms with Crippen molar-refractivity contribution in [3.8, 4) is 11.1 Å². The molecule has 0 spiro atoms. The normalized spacial score (nSPS) is 14.9. The molecular weight excluding hydrogens is 452 g/mol. The van der Waals surface area contributed by atoms with E-state index < -0.39 is 0 Å². The fourth-order valence-electron chi connectivity index (χ4n) is 5.01. The molecule has 2 aromatic heterocycles. The number of pyridine rings is 1. The Morgan fingerprint density at radius 1 is 1.00 bits per heavy atom. The van der Waals surface area contributed by atoms with E-state index in [-0.39, 0.29) is 23.7 Å². The smallest absolute Gasteiger partial charge is 0.323 e. The molecule has 5 rings (SSSR count). The number of hydrogen-bond acceptors (Lipinski definition) is 3. The third kappa shape index (κ3) is 4.44. The summed E-state index contributed by atoms with van der Waals surface area (Å²) in [5.41, 5.74) is 7.64. The first kappa shape index (κ1) is 23.6. The third-order valence-corrected chi connectivity index (χ3v) is 7.10. The summed E-state index contributed by atoms with van der Waals surface area (Å²) < 4.78 is 0. The summed E-state index contributed by atoms with van der Waals surface area (Å²) in [5, 5.41) is 2.97. The molecule has 0 fully saturated rings. The van der Waals surface area contributed by atoms with Gasteiger partial charge in [-0.25, -0.2) is 4.79 Å².